The first-order valence-corrected chi connectivity index (χ1v) is 2.76. The SMILES string of the molecule is O=CO.Oc1cccc(O)c1. The van der Waals surface area contributed by atoms with Crippen LogP contribution in [0.15, 0.2) is 24.3 Å². The Morgan fingerprint density at radius 3 is 1.73 bits per heavy atom. The minimum Gasteiger partial charge on any atom is -0.508 e. The zero-order valence-corrected chi connectivity index (χ0v) is 5.64. The Balaban J connectivity index is 0.000000292. The number of aromatic hydroxyl groups is 2. The second-order valence-corrected chi connectivity index (χ2v) is 1.63. The molecule has 11 heavy (non-hydrogen) atoms. The summed E-state index contributed by atoms with van der Waals surface area (Å²) in [6, 6.07) is 5.85. The van der Waals surface area contributed by atoms with Crippen LogP contribution >= 0.6 is 0 Å². The van der Waals surface area contributed by atoms with Gasteiger partial charge in [-0.25, -0.2) is 0 Å². The molecule has 0 radical (unpaired) electrons. The molecule has 60 valence electrons. The summed E-state index contributed by atoms with van der Waals surface area (Å²) in [6.07, 6.45) is 0. The third-order valence-corrected chi connectivity index (χ3v) is 0.830. The lowest BCUT2D eigenvalue weighted by molar-refractivity contribution is -0.122. The summed E-state index contributed by atoms with van der Waals surface area (Å²) >= 11 is 0. The molecule has 1 aromatic carbocycles. The van der Waals surface area contributed by atoms with Crippen LogP contribution in [-0.2, 0) is 4.79 Å². The Labute approximate surface area is 63.3 Å². The standard InChI is InChI=1S/C6H6O2.CH2O2/c7-5-2-1-3-6(8)4-5;2-1-3/h1-4,7-8H;1H,(H,2,3). The minimum atomic E-state index is -0.250. The van der Waals surface area contributed by atoms with Gasteiger partial charge in [0.15, 0.2) is 0 Å². The highest BCUT2D eigenvalue weighted by molar-refractivity contribution is 5.32. The Hall–Kier alpha value is -1.71. The van der Waals surface area contributed by atoms with Crippen molar-refractivity contribution in [3.63, 3.8) is 0 Å². The summed E-state index contributed by atoms with van der Waals surface area (Å²) in [5, 5.41) is 24.2. The van der Waals surface area contributed by atoms with Gasteiger partial charge in [-0.05, 0) is 12.1 Å². The van der Waals surface area contributed by atoms with Gasteiger partial charge >= 0.3 is 0 Å². The number of phenols is 2. The van der Waals surface area contributed by atoms with Crippen LogP contribution in [0.1, 0.15) is 0 Å². The maximum atomic E-state index is 8.65. The van der Waals surface area contributed by atoms with Crippen molar-refractivity contribution in [1.29, 1.82) is 0 Å². The lowest BCUT2D eigenvalue weighted by Crippen LogP contribution is -1.61. The zero-order chi connectivity index (χ0) is 8.69. The van der Waals surface area contributed by atoms with Crippen molar-refractivity contribution in [2.45, 2.75) is 0 Å². The number of carboxylic acid groups (broad SMARTS) is 1. The van der Waals surface area contributed by atoms with Crippen molar-refractivity contribution in [1.82, 2.24) is 0 Å². The van der Waals surface area contributed by atoms with Crippen LogP contribution < -0.4 is 0 Å². The van der Waals surface area contributed by atoms with Crippen LogP contribution in [0.3, 0.4) is 0 Å². The van der Waals surface area contributed by atoms with Crippen LogP contribution in [0.4, 0.5) is 0 Å². The zero-order valence-electron chi connectivity index (χ0n) is 5.64. The van der Waals surface area contributed by atoms with Crippen molar-refractivity contribution in [2.75, 3.05) is 0 Å². The van der Waals surface area contributed by atoms with E-state index in [4.69, 9.17) is 20.1 Å². The molecule has 0 heterocycles. The van der Waals surface area contributed by atoms with E-state index >= 15 is 0 Å². The van der Waals surface area contributed by atoms with E-state index < -0.39 is 0 Å². The second kappa shape index (κ2) is 5.10. The molecule has 1 rings (SSSR count). The number of rotatable bonds is 0. The summed E-state index contributed by atoms with van der Waals surface area (Å²) in [5.74, 6) is 0.176. The number of carbonyl (C=O) groups is 1. The fourth-order valence-corrected chi connectivity index (χ4v) is 0.493. The summed E-state index contributed by atoms with van der Waals surface area (Å²) in [6.45, 7) is -0.250. The van der Waals surface area contributed by atoms with Gasteiger partial charge in [0.2, 0.25) is 0 Å². The molecule has 0 aliphatic carbocycles. The van der Waals surface area contributed by atoms with E-state index in [1.807, 2.05) is 0 Å². The predicted molar refractivity (Wildman–Crippen MR) is 38.5 cm³/mol. The molecule has 0 bridgehead atoms. The van der Waals surface area contributed by atoms with Gasteiger partial charge in [-0.2, -0.15) is 0 Å². The molecule has 1 aromatic rings. The Morgan fingerprint density at radius 1 is 1.18 bits per heavy atom. The van der Waals surface area contributed by atoms with Crippen molar-refractivity contribution in [2.24, 2.45) is 0 Å². The van der Waals surface area contributed by atoms with Gasteiger partial charge < -0.3 is 15.3 Å². The minimum absolute atomic E-state index is 0.0880. The Kier molecular flexibility index (Phi) is 4.31. The average Bonchev–Trinajstić information content (AvgIpc) is 1.88. The molecule has 4 nitrogen and oxygen atoms in total. The fourth-order valence-electron chi connectivity index (χ4n) is 0.493. The van der Waals surface area contributed by atoms with E-state index in [1.54, 1.807) is 6.07 Å². The largest absolute Gasteiger partial charge is 0.508 e. The van der Waals surface area contributed by atoms with Crippen molar-refractivity contribution in [3.8, 4) is 11.5 Å². The van der Waals surface area contributed by atoms with Gasteiger partial charge in [-0.1, -0.05) is 6.07 Å². The number of phenolic OH excluding ortho intramolecular Hbond substituents is 2. The maximum absolute atomic E-state index is 8.65. The Bertz CT molecular complexity index is 204. The quantitative estimate of drug-likeness (QED) is 0.485. The first-order chi connectivity index (χ1) is 5.20. The molecule has 0 fully saturated rings. The molecular weight excluding hydrogens is 148 g/mol. The molecule has 0 amide bonds. The molecule has 0 aromatic heterocycles. The fraction of sp³-hybridized carbons (Fsp3) is 0. The molecule has 0 aliphatic rings. The molecule has 0 saturated heterocycles. The first-order valence-electron chi connectivity index (χ1n) is 2.76. The highest BCUT2D eigenvalue weighted by Crippen LogP contribution is 2.14. The van der Waals surface area contributed by atoms with Crippen molar-refractivity contribution >= 4 is 6.47 Å². The van der Waals surface area contributed by atoms with Crippen LogP contribution in [0.5, 0.6) is 11.5 Å². The number of benzene rings is 1. The summed E-state index contributed by atoms with van der Waals surface area (Å²) in [7, 11) is 0. The van der Waals surface area contributed by atoms with E-state index in [1.165, 1.54) is 18.2 Å². The third-order valence-electron chi connectivity index (χ3n) is 0.830. The second-order valence-electron chi connectivity index (χ2n) is 1.63. The van der Waals surface area contributed by atoms with Gasteiger partial charge in [0.1, 0.15) is 11.5 Å². The van der Waals surface area contributed by atoms with Crippen LogP contribution in [0.2, 0.25) is 0 Å². The van der Waals surface area contributed by atoms with Gasteiger partial charge in [0, 0.05) is 6.07 Å². The van der Waals surface area contributed by atoms with Crippen molar-refractivity contribution in [3.05, 3.63) is 24.3 Å². The lowest BCUT2D eigenvalue weighted by Gasteiger charge is -1.89. The summed E-state index contributed by atoms with van der Waals surface area (Å²) < 4.78 is 0. The van der Waals surface area contributed by atoms with Crippen LogP contribution in [0.25, 0.3) is 0 Å². The van der Waals surface area contributed by atoms with Crippen LogP contribution in [0, 0.1) is 0 Å². The molecule has 0 spiro atoms. The molecule has 0 saturated carbocycles. The van der Waals surface area contributed by atoms with E-state index in [0.717, 1.165) is 0 Å². The maximum Gasteiger partial charge on any atom is 0.290 e. The van der Waals surface area contributed by atoms with E-state index in [2.05, 4.69) is 0 Å². The third kappa shape index (κ3) is 4.77. The molecule has 3 N–H and O–H groups in total. The smallest absolute Gasteiger partial charge is 0.290 e. The molecule has 0 aliphatic heterocycles. The highest BCUT2D eigenvalue weighted by atomic mass is 16.3. The Morgan fingerprint density at radius 2 is 1.55 bits per heavy atom. The summed E-state index contributed by atoms with van der Waals surface area (Å²) in [5.41, 5.74) is 0. The van der Waals surface area contributed by atoms with Crippen molar-refractivity contribution < 1.29 is 20.1 Å². The van der Waals surface area contributed by atoms with Gasteiger partial charge in [0.05, 0.1) is 0 Å². The van der Waals surface area contributed by atoms with Gasteiger partial charge in [0.25, 0.3) is 6.47 Å². The average molecular weight is 156 g/mol. The predicted octanol–water partition coefficient (Wildman–Crippen LogP) is 0.799. The lowest BCUT2D eigenvalue weighted by atomic mass is 10.3. The molecule has 4 heteroatoms. The van der Waals surface area contributed by atoms with Gasteiger partial charge in [-0.3, -0.25) is 4.79 Å². The van der Waals surface area contributed by atoms with E-state index in [-0.39, 0.29) is 18.0 Å². The topological polar surface area (TPSA) is 77.8 Å². The van der Waals surface area contributed by atoms with E-state index in [0.29, 0.717) is 0 Å². The van der Waals surface area contributed by atoms with Crippen LogP contribution in [-0.4, -0.2) is 21.8 Å². The number of hydrogen-bond donors (Lipinski definition) is 3. The molecule has 0 atom stereocenters. The highest BCUT2D eigenvalue weighted by Gasteiger charge is 1.85. The number of hydrogen-bond acceptors (Lipinski definition) is 3. The first kappa shape index (κ1) is 9.29. The summed E-state index contributed by atoms with van der Waals surface area (Å²) in [4.78, 5) is 8.36. The molecule has 0 unspecified atom stereocenters. The van der Waals surface area contributed by atoms with Gasteiger partial charge in [-0.15, -0.1) is 0 Å². The molecular formula is C7H8O4. The monoisotopic (exact) mass is 156 g/mol. The van der Waals surface area contributed by atoms with E-state index in [9.17, 15) is 0 Å². The normalized spacial score (nSPS) is 7.64.